The van der Waals surface area contributed by atoms with Gasteiger partial charge in [-0.05, 0) is 42.8 Å². The molecule has 2 aromatic carbocycles. The third-order valence-corrected chi connectivity index (χ3v) is 4.87. The summed E-state index contributed by atoms with van der Waals surface area (Å²) in [6.45, 7) is 1.94. The summed E-state index contributed by atoms with van der Waals surface area (Å²) in [5.74, 6) is -0.408. The van der Waals surface area contributed by atoms with Crippen LogP contribution in [0.1, 0.15) is 30.1 Å². The molecule has 3 rings (SSSR count). The number of para-hydroxylation sites is 1. The minimum atomic E-state index is -0.392. The number of amides is 1. The Morgan fingerprint density at radius 3 is 2.61 bits per heavy atom. The lowest BCUT2D eigenvalue weighted by Gasteiger charge is -2.07. The maximum atomic E-state index is 14.0. The Kier molecular flexibility index (Phi) is 6.54. The van der Waals surface area contributed by atoms with Crippen LogP contribution in [0.4, 0.5) is 10.1 Å². The molecule has 6 nitrogen and oxygen atoms in total. The molecule has 144 valence electrons. The Hall–Kier alpha value is -3.00. The van der Waals surface area contributed by atoms with Crippen molar-refractivity contribution in [2.75, 3.05) is 11.1 Å². The quantitative estimate of drug-likeness (QED) is 0.456. The molecule has 1 aromatic heterocycles. The lowest BCUT2D eigenvalue weighted by atomic mass is 10.1. The lowest BCUT2D eigenvalue weighted by molar-refractivity contribution is -0.116. The van der Waals surface area contributed by atoms with Gasteiger partial charge in [0.25, 0.3) is 0 Å². The van der Waals surface area contributed by atoms with E-state index in [4.69, 9.17) is 0 Å². The number of carbonyl (C=O) groups is 2. The van der Waals surface area contributed by atoms with Gasteiger partial charge >= 0.3 is 0 Å². The van der Waals surface area contributed by atoms with E-state index in [0.29, 0.717) is 28.5 Å². The standard InChI is InChI=1S/C20H19FN4O2S/c1-2-5-19(27)23-15-10-8-14(9-11-15)18(26)12-28-20-24-22-13-25(20)17-7-4-3-6-16(17)21/h3-4,6-11,13H,2,5,12H2,1H3,(H,23,27). The Labute approximate surface area is 166 Å². The van der Waals surface area contributed by atoms with Gasteiger partial charge in [-0.2, -0.15) is 0 Å². The fraction of sp³-hybridized carbons (Fsp3) is 0.200. The van der Waals surface area contributed by atoms with Crippen LogP contribution in [0.2, 0.25) is 0 Å². The minimum absolute atomic E-state index is 0.0513. The van der Waals surface area contributed by atoms with Crippen molar-refractivity contribution in [2.45, 2.75) is 24.9 Å². The molecule has 3 aromatic rings. The van der Waals surface area contributed by atoms with Crippen LogP contribution in [-0.2, 0) is 4.79 Å². The first-order valence-corrected chi connectivity index (χ1v) is 9.78. The molecule has 0 atom stereocenters. The van der Waals surface area contributed by atoms with E-state index in [9.17, 15) is 14.0 Å². The number of nitrogens with zero attached hydrogens (tertiary/aromatic N) is 3. The number of thioether (sulfide) groups is 1. The van der Waals surface area contributed by atoms with Gasteiger partial charge < -0.3 is 5.32 Å². The summed E-state index contributed by atoms with van der Waals surface area (Å²) in [4.78, 5) is 24.1. The maximum Gasteiger partial charge on any atom is 0.224 e. The van der Waals surface area contributed by atoms with E-state index in [1.807, 2.05) is 6.92 Å². The van der Waals surface area contributed by atoms with Crippen LogP contribution in [-0.4, -0.2) is 32.2 Å². The first-order valence-electron chi connectivity index (χ1n) is 8.79. The third-order valence-electron chi connectivity index (χ3n) is 3.93. The highest BCUT2D eigenvalue weighted by atomic mass is 32.2. The van der Waals surface area contributed by atoms with E-state index < -0.39 is 5.82 Å². The number of aromatic nitrogens is 3. The van der Waals surface area contributed by atoms with Crippen LogP contribution >= 0.6 is 11.8 Å². The van der Waals surface area contributed by atoms with E-state index in [0.717, 1.165) is 6.42 Å². The van der Waals surface area contributed by atoms with E-state index in [-0.39, 0.29) is 17.4 Å². The van der Waals surface area contributed by atoms with Crippen LogP contribution < -0.4 is 5.32 Å². The Balaban J connectivity index is 1.63. The van der Waals surface area contributed by atoms with Gasteiger partial charge in [0.2, 0.25) is 5.91 Å². The molecule has 8 heteroatoms. The molecule has 0 spiro atoms. The van der Waals surface area contributed by atoms with Gasteiger partial charge in [0.1, 0.15) is 12.1 Å². The summed E-state index contributed by atoms with van der Waals surface area (Å²) in [6, 6.07) is 13.1. The van der Waals surface area contributed by atoms with Crippen molar-refractivity contribution in [3.8, 4) is 5.69 Å². The molecular weight excluding hydrogens is 379 g/mol. The fourth-order valence-corrected chi connectivity index (χ4v) is 3.35. The van der Waals surface area contributed by atoms with E-state index in [2.05, 4.69) is 15.5 Å². The number of anilines is 1. The van der Waals surface area contributed by atoms with Gasteiger partial charge in [-0.3, -0.25) is 14.2 Å². The molecule has 1 amide bonds. The molecule has 0 aliphatic heterocycles. The van der Waals surface area contributed by atoms with Crippen molar-refractivity contribution in [3.63, 3.8) is 0 Å². The predicted molar refractivity (Wildman–Crippen MR) is 106 cm³/mol. The molecule has 1 N–H and O–H groups in total. The number of carbonyl (C=O) groups excluding carboxylic acids is 2. The number of hydrogen-bond acceptors (Lipinski definition) is 5. The van der Waals surface area contributed by atoms with E-state index in [1.165, 1.54) is 28.7 Å². The van der Waals surface area contributed by atoms with Crippen LogP contribution in [0.5, 0.6) is 0 Å². The lowest BCUT2D eigenvalue weighted by Crippen LogP contribution is -2.11. The zero-order valence-electron chi connectivity index (χ0n) is 15.3. The fourth-order valence-electron chi connectivity index (χ4n) is 2.54. The van der Waals surface area contributed by atoms with Gasteiger partial charge in [0.15, 0.2) is 10.9 Å². The SMILES string of the molecule is CCCC(=O)Nc1ccc(C(=O)CSc2nncn2-c2ccccc2F)cc1. The average Bonchev–Trinajstić information content (AvgIpc) is 3.15. The molecule has 0 unspecified atom stereocenters. The monoisotopic (exact) mass is 398 g/mol. The summed E-state index contributed by atoms with van der Waals surface area (Å²) in [7, 11) is 0. The Morgan fingerprint density at radius 1 is 1.14 bits per heavy atom. The summed E-state index contributed by atoms with van der Waals surface area (Å²) in [5.41, 5.74) is 1.51. The molecular formula is C20H19FN4O2S. The van der Waals surface area contributed by atoms with Crippen molar-refractivity contribution in [1.82, 2.24) is 14.8 Å². The summed E-state index contributed by atoms with van der Waals surface area (Å²) >= 11 is 1.19. The third kappa shape index (κ3) is 4.83. The number of Topliss-reactive ketones (excluding diaryl/α,β-unsaturated/α-hetero) is 1. The topological polar surface area (TPSA) is 76.9 Å². The molecule has 0 aliphatic carbocycles. The predicted octanol–water partition coefficient (Wildman–Crippen LogP) is 4.12. The first-order chi connectivity index (χ1) is 13.6. The van der Waals surface area contributed by atoms with Gasteiger partial charge in [-0.15, -0.1) is 10.2 Å². The van der Waals surface area contributed by atoms with Crippen molar-refractivity contribution in [2.24, 2.45) is 0 Å². The highest BCUT2D eigenvalue weighted by molar-refractivity contribution is 7.99. The number of nitrogens with one attached hydrogen (secondary N) is 1. The highest BCUT2D eigenvalue weighted by Gasteiger charge is 2.14. The number of benzene rings is 2. The highest BCUT2D eigenvalue weighted by Crippen LogP contribution is 2.22. The Bertz CT molecular complexity index is 972. The second kappa shape index (κ2) is 9.27. The minimum Gasteiger partial charge on any atom is -0.326 e. The zero-order valence-corrected chi connectivity index (χ0v) is 16.1. The molecule has 0 aliphatic rings. The summed E-state index contributed by atoms with van der Waals surface area (Å²) in [5, 5.41) is 11.0. The second-order valence-electron chi connectivity index (χ2n) is 6.02. The van der Waals surface area contributed by atoms with Crippen molar-refractivity contribution < 1.29 is 14.0 Å². The maximum absolute atomic E-state index is 14.0. The smallest absolute Gasteiger partial charge is 0.224 e. The van der Waals surface area contributed by atoms with Crippen LogP contribution in [0, 0.1) is 5.82 Å². The van der Waals surface area contributed by atoms with Crippen molar-refractivity contribution >= 4 is 29.1 Å². The van der Waals surface area contributed by atoms with Gasteiger partial charge in [0, 0.05) is 17.7 Å². The van der Waals surface area contributed by atoms with Crippen molar-refractivity contribution in [1.29, 1.82) is 0 Å². The number of rotatable bonds is 8. The largest absolute Gasteiger partial charge is 0.326 e. The number of ketones is 1. The zero-order chi connectivity index (χ0) is 19.9. The number of halogens is 1. The number of hydrogen-bond donors (Lipinski definition) is 1. The van der Waals surface area contributed by atoms with Gasteiger partial charge in [-0.25, -0.2) is 4.39 Å². The normalized spacial score (nSPS) is 10.6. The summed E-state index contributed by atoms with van der Waals surface area (Å²) in [6.07, 6.45) is 2.65. The Morgan fingerprint density at radius 2 is 1.89 bits per heavy atom. The average molecular weight is 398 g/mol. The molecule has 0 saturated carbocycles. The summed E-state index contributed by atoms with van der Waals surface area (Å²) < 4.78 is 15.5. The molecule has 0 radical (unpaired) electrons. The molecule has 1 heterocycles. The van der Waals surface area contributed by atoms with E-state index in [1.54, 1.807) is 42.5 Å². The van der Waals surface area contributed by atoms with Gasteiger partial charge in [-0.1, -0.05) is 30.8 Å². The van der Waals surface area contributed by atoms with Crippen LogP contribution in [0.3, 0.4) is 0 Å². The second-order valence-corrected chi connectivity index (χ2v) is 6.96. The van der Waals surface area contributed by atoms with Crippen LogP contribution in [0.25, 0.3) is 5.69 Å². The molecule has 28 heavy (non-hydrogen) atoms. The first kappa shape index (κ1) is 19.8. The molecule has 0 saturated heterocycles. The van der Waals surface area contributed by atoms with E-state index >= 15 is 0 Å². The van der Waals surface area contributed by atoms with Crippen LogP contribution in [0.15, 0.2) is 60.0 Å². The molecule has 0 fully saturated rings. The van der Waals surface area contributed by atoms with Gasteiger partial charge in [0.05, 0.1) is 11.4 Å². The van der Waals surface area contributed by atoms with Crippen molar-refractivity contribution in [3.05, 3.63) is 66.2 Å². The molecule has 0 bridgehead atoms.